The molecule has 18 heavy (non-hydrogen) atoms. The second kappa shape index (κ2) is 8.31. The molecule has 10 heteroatoms. The maximum absolute atomic E-state index is 11.7. The topological polar surface area (TPSA) is 58.2 Å². The van der Waals surface area contributed by atoms with Crippen molar-refractivity contribution in [1.82, 2.24) is 10.6 Å². The van der Waals surface area contributed by atoms with Gasteiger partial charge in [-0.2, -0.15) is 0 Å². The van der Waals surface area contributed by atoms with Gasteiger partial charge in [0.1, 0.15) is 0 Å². The van der Waals surface area contributed by atoms with Crippen LogP contribution in [0.15, 0.2) is 0 Å². The van der Waals surface area contributed by atoms with Crippen LogP contribution in [0, 0.1) is 0 Å². The lowest BCUT2D eigenvalue weighted by atomic mass is 10.2. The van der Waals surface area contributed by atoms with Gasteiger partial charge in [0.2, 0.25) is 4.29 Å². The second-order valence-electron chi connectivity index (χ2n) is 3.28. The number of rotatable bonds is 4. The minimum Gasteiger partial charge on any atom is -0.351 e. The van der Waals surface area contributed by atoms with Gasteiger partial charge in [-0.1, -0.05) is 6.92 Å². The maximum atomic E-state index is 11.7. The molecule has 0 fully saturated rings. The van der Waals surface area contributed by atoms with Crippen molar-refractivity contribution >= 4 is 107 Å². The highest BCUT2D eigenvalue weighted by Crippen LogP contribution is 2.34. The first-order valence-electron chi connectivity index (χ1n) is 4.71. The fourth-order valence-electron chi connectivity index (χ4n) is 0.881. The number of hydrogen-bond acceptors (Lipinski definition) is 2. The summed E-state index contributed by atoms with van der Waals surface area (Å²) in [5.41, 5.74) is 0. The molecule has 2 amide bonds. The lowest BCUT2D eigenvalue weighted by Crippen LogP contribution is -2.48. The molecule has 1 atom stereocenters. The molecule has 106 valence electrons. The molecule has 0 aromatic rings. The highest BCUT2D eigenvalue weighted by Gasteiger charge is 2.31. The van der Waals surface area contributed by atoms with Crippen LogP contribution in [0.5, 0.6) is 0 Å². The summed E-state index contributed by atoms with van der Waals surface area (Å²) in [4.78, 5) is 23.3. The Kier molecular flexibility index (Phi) is 9.15. The first-order chi connectivity index (χ1) is 7.98. The molecule has 0 saturated carbocycles. The molecule has 0 aliphatic heterocycles. The Labute approximate surface area is 156 Å². The zero-order chi connectivity index (χ0) is 14.6. The minimum absolute atomic E-state index is 0.164. The summed E-state index contributed by atoms with van der Waals surface area (Å²) in [6, 6.07) is -0.164. The van der Waals surface area contributed by atoms with E-state index in [0.29, 0.717) is 13.0 Å². The summed E-state index contributed by atoms with van der Waals surface area (Å²) in [5.74, 6) is -0.552. The first-order valence-corrected chi connectivity index (χ1v) is 9.47. The van der Waals surface area contributed by atoms with Crippen molar-refractivity contribution in [3.8, 4) is 0 Å². The molecule has 0 heterocycles. The van der Waals surface area contributed by atoms with Gasteiger partial charge in [0, 0.05) is 12.6 Å². The smallest absolute Gasteiger partial charge is 0.259 e. The average Bonchev–Trinajstić information content (AvgIpc) is 2.20. The Morgan fingerprint density at radius 2 is 1.44 bits per heavy atom. The molecule has 0 aromatic heterocycles. The van der Waals surface area contributed by atoms with E-state index in [0.717, 1.165) is 0 Å². The first kappa shape index (κ1) is 19.8. The van der Waals surface area contributed by atoms with Crippen molar-refractivity contribution in [3.63, 3.8) is 0 Å². The molecule has 2 N–H and O–H groups in total. The molecule has 0 aliphatic rings. The van der Waals surface area contributed by atoms with E-state index in [2.05, 4.69) is 106 Å². The van der Waals surface area contributed by atoms with Crippen molar-refractivity contribution in [3.05, 3.63) is 0 Å². The van der Waals surface area contributed by atoms with Crippen LogP contribution in [0.3, 0.4) is 0 Å². The van der Waals surface area contributed by atoms with Crippen LogP contribution < -0.4 is 10.6 Å². The molecular formula is C8H10Br6N2O2. The third-order valence-electron chi connectivity index (χ3n) is 1.85. The van der Waals surface area contributed by atoms with Crippen molar-refractivity contribution in [2.45, 2.75) is 23.7 Å². The Bertz CT molecular complexity index is 312. The molecule has 4 nitrogen and oxygen atoms in total. The van der Waals surface area contributed by atoms with Gasteiger partial charge in [0.05, 0.1) is 0 Å². The number of nitrogens with one attached hydrogen (secondary N) is 2. The molecule has 0 saturated heterocycles. The van der Waals surface area contributed by atoms with E-state index < -0.39 is 4.29 Å². The molecule has 0 bridgehead atoms. The van der Waals surface area contributed by atoms with Crippen LogP contribution in [0.4, 0.5) is 0 Å². The van der Waals surface area contributed by atoms with Crippen LogP contribution >= 0.6 is 95.6 Å². The molecule has 1 unspecified atom stereocenters. The lowest BCUT2D eigenvalue weighted by Gasteiger charge is -2.22. The largest absolute Gasteiger partial charge is 0.351 e. The molecule has 0 aromatic carbocycles. The highest BCUT2D eigenvalue weighted by atomic mass is 80.0. The summed E-state index contributed by atoms with van der Waals surface area (Å²) in [7, 11) is 0. The van der Waals surface area contributed by atoms with Crippen molar-refractivity contribution in [2.75, 3.05) is 6.54 Å². The Morgan fingerprint density at radius 3 is 1.78 bits per heavy atom. The van der Waals surface area contributed by atoms with Crippen LogP contribution in [-0.2, 0) is 9.59 Å². The summed E-state index contributed by atoms with van der Waals surface area (Å²) in [6.45, 7) is 2.24. The number of halogens is 6. The summed E-state index contributed by atoms with van der Waals surface area (Å²) in [5, 5.41) is 5.46. The number of carbonyl (C=O) groups excluding carboxylic acids is 2. The van der Waals surface area contributed by atoms with E-state index in [9.17, 15) is 9.59 Å². The Balaban J connectivity index is 4.30. The molecule has 0 spiro atoms. The summed E-state index contributed by atoms with van der Waals surface area (Å²) in [6.07, 6.45) is 0.689. The van der Waals surface area contributed by atoms with Gasteiger partial charge >= 0.3 is 0 Å². The number of alkyl halides is 6. The van der Waals surface area contributed by atoms with Gasteiger partial charge in [-0.3, -0.25) is 9.59 Å². The maximum Gasteiger partial charge on any atom is 0.259 e. The lowest BCUT2D eigenvalue weighted by molar-refractivity contribution is -0.122. The molecular weight excluding hydrogens is 636 g/mol. The van der Waals surface area contributed by atoms with Gasteiger partial charge in [0.25, 0.3) is 11.8 Å². The number of hydrogen-bond donors (Lipinski definition) is 2. The van der Waals surface area contributed by atoms with Gasteiger partial charge in [-0.15, -0.1) is 0 Å². The molecule has 0 aliphatic carbocycles. The second-order valence-corrected chi connectivity index (χ2v) is 16.8. The third-order valence-corrected chi connectivity index (χ3v) is 4.01. The zero-order valence-electron chi connectivity index (χ0n) is 9.08. The Morgan fingerprint density at radius 1 is 1.00 bits per heavy atom. The van der Waals surface area contributed by atoms with E-state index in [1.165, 1.54) is 0 Å². The number of amides is 2. The third kappa shape index (κ3) is 8.18. The number of carbonyl (C=O) groups is 2. The standard InChI is InChI=1S/C8H10Br6N2O2/c1-2-4(16-6(18)8(12,13)14)3-15-5(17)7(9,10)11/h4H,2-3H2,1H3,(H,15,17)(H,16,18). The van der Waals surface area contributed by atoms with Gasteiger partial charge in [-0.25, -0.2) is 0 Å². The van der Waals surface area contributed by atoms with Crippen molar-refractivity contribution < 1.29 is 9.59 Å². The monoisotopic (exact) mass is 640 g/mol. The zero-order valence-corrected chi connectivity index (χ0v) is 18.6. The highest BCUT2D eigenvalue weighted by molar-refractivity contribution is 9.40. The molecule has 0 radical (unpaired) electrons. The SMILES string of the molecule is CCC(CNC(=O)C(Br)(Br)Br)NC(=O)C(Br)(Br)Br. The normalized spacial score (nSPS) is 13.9. The van der Waals surface area contributed by atoms with E-state index in [-0.39, 0.29) is 17.9 Å². The van der Waals surface area contributed by atoms with Gasteiger partial charge in [-0.05, 0) is 102 Å². The van der Waals surface area contributed by atoms with Gasteiger partial charge < -0.3 is 10.6 Å². The summed E-state index contributed by atoms with van der Waals surface area (Å²) < 4.78 is -1.98. The van der Waals surface area contributed by atoms with E-state index in [1.807, 2.05) is 6.92 Å². The predicted octanol–water partition coefficient (Wildman–Crippen LogP) is 3.67. The van der Waals surface area contributed by atoms with E-state index >= 15 is 0 Å². The van der Waals surface area contributed by atoms with Crippen molar-refractivity contribution in [2.24, 2.45) is 0 Å². The van der Waals surface area contributed by atoms with Crippen LogP contribution in [0.25, 0.3) is 0 Å². The van der Waals surface area contributed by atoms with Crippen LogP contribution in [0.1, 0.15) is 13.3 Å². The Hall–Kier alpha value is 1.82. The average molecular weight is 646 g/mol. The fraction of sp³-hybridized carbons (Fsp3) is 0.750. The minimum atomic E-state index is -0.992. The van der Waals surface area contributed by atoms with Crippen molar-refractivity contribution in [1.29, 1.82) is 0 Å². The fourth-order valence-corrected chi connectivity index (χ4v) is 1.64. The summed E-state index contributed by atoms with van der Waals surface area (Å²) >= 11 is 18.7. The quantitative estimate of drug-likeness (QED) is 0.459. The van der Waals surface area contributed by atoms with E-state index in [4.69, 9.17) is 0 Å². The van der Waals surface area contributed by atoms with Crippen LogP contribution in [-0.4, -0.2) is 28.7 Å². The molecule has 0 rings (SSSR count). The van der Waals surface area contributed by atoms with E-state index in [1.54, 1.807) is 0 Å². The predicted molar refractivity (Wildman–Crippen MR) is 94.3 cm³/mol. The van der Waals surface area contributed by atoms with Crippen LogP contribution in [0.2, 0.25) is 0 Å². The van der Waals surface area contributed by atoms with Gasteiger partial charge in [0.15, 0.2) is 0 Å².